The first-order valence-electron chi connectivity index (χ1n) is 7.68. The van der Waals surface area contributed by atoms with Gasteiger partial charge in [0.05, 0.1) is 0 Å². The van der Waals surface area contributed by atoms with Crippen LogP contribution in [0, 0.1) is 13.5 Å². The zero-order valence-electron chi connectivity index (χ0n) is 14.5. The minimum atomic E-state index is -1.19. The van der Waals surface area contributed by atoms with E-state index in [1.54, 1.807) is 30.3 Å². The number of esters is 1. The van der Waals surface area contributed by atoms with Crippen molar-refractivity contribution in [3.05, 3.63) is 90.3 Å². The molecule has 5 nitrogen and oxygen atoms in total. The van der Waals surface area contributed by atoms with Gasteiger partial charge in [0, 0.05) is 23.3 Å². The number of phenols is 2. The molecule has 0 amide bonds. The Morgan fingerprint density at radius 2 is 1.48 bits per heavy atom. The minimum absolute atomic E-state index is 0. The first kappa shape index (κ1) is 17.4. The number of ether oxygens (including phenoxy) is 2. The molecule has 0 atom stereocenters. The van der Waals surface area contributed by atoms with Crippen molar-refractivity contribution in [1.29, 1.82) is 0 Å². The monoisotopic (exact) mass is 613 g/mol. The van der Waals surface area contributed by atoms with E-state index >= 15 is 0 Å². The number of carbonyl (C=O) groups excluding carboxylic acids is 1. The molecule has 1 spiro atoms. The Morgan fingerprint density at radius 1 is 0.889 bits per heavy atom. The summed E-state index contributed by atoms with van der Waals surface area (Å²) in [5.41, 5.74) is 1.15. The molecule has 2 aliphatic heterocycles. The largest absolute Gasteiger partial charge is 0.508 e. The number of hydrogen-bond acceptors (Lipinski definition) is 5. The van der Waals surface area contributed by atoms with Crippen LogP contribution < -0.4 is 4.74 Å². The smallest absolute Gasteiger partial charge is 0.283 e. The summed E-state index contributed by atoms with van der Waals surface area (Å²) >= 11 is 0. The summed E-state index contributed by atoms with van der Waals surface area (Å²) in [6.07, 6.45) is 0. The molecule has 5 rings (SSSR count). The van der Waals surface area contributed by atoms with Crippen LogP contribution >= 0.6 is 0 Å². The van der Waals surface area contributed by atoms with Gasteiger partial charge < -0.3 is 27.1 Å². The van der Waals surface area contributed by atoms with Crippen LogP contribution in [0.4, 0.5) is 0 Å². The van der Waals surface area contributed by atoms with Gasteiger partial charge in [-0.25, -0.2) is 0 Å². The standard InChI is InChI=1S/C20H11O5.CH3.Rf/c21-11-5-7-15-17(9-11)24-18-10-12(22)6-8-16(18)20(15)14-4-2-1-3-13(14)19(23)25-20;;/h2-10,21-22H;1H3;/q2*-1;. The van der Waals surface area contributed by atoms with Gasteiger partial charge >= 0.3 is 0 Å². The number of benzene rings is 3. The summed E-state index contributed by atoms with van der Waals surface area (Å²) in [7, 11) is 0. The van der Waals surface area contributed by atoms with Crippen LogP contribution in [0.5, 0.6) is 23.0 Å². The molecule has 0 saturated heterocycles. The van der Waals surface area contributed by atoms with Crippen LogP contribution in [0.25, 0.3) is 0 Å². The molecule has 2 N–H and O–H groups in total. The first-order chi connectivity index (χ1) is 12.1. The van der Waals surface area contributed by atoms with E-state index < -0.39 is 11.6 Å². The predicted molar refractivity (Wildman–Crippen MR) is 93.3 cm³/mol. The molecule has 3 aromatic carbocycles. The SMILES string of the molecule is O=C1OC2(c3ccc(O)cc3Oc3cc(O)ccc32)c2cc[c-]cc21.[CH3-].[Rf]. The molecular formula is C21H14O5Rf-2. The maximum absolute atomic E-state index is 12.5. The molecule has 2 heterocycles. The Labute approximate surface area is 150 Å². The zero-order valence-corrected chi connectivity index (χ0v) is 20.9. The number of phenolic OH excluding ortho intramolecular Hbond substituents is 2. The van der Waals surface area contributed by atoms with E-state index in [1.165, 1.54) is 24.3 Å². The molecule has 132 valence electrons. The van der Waals surface area contributed by atoms with Gasteiger partial charge in [-0.1, -0.05) is 5.56 Å². The molecule has 0 aromatic heterocycles. The van der Waals surface area contributed by atoms with E-state index in [0.717, 1.165) is 0 Å². The average molecular weight is 613 g/mol. The Kier molecular flexibility index (Phi) is 3.55. The van der Waals surface area contributed by atoms with Crippen LogP contribution in [0.3, 0.4) is 0 Å². The average Bonchev–Trinajstić information content (AvgIpc) is 2.88. The zero-order chi connectivity index (χ0) is 17.2. The second-order valence-corrected chi connectivity index (χ2v) is 6.01. The van der Waals surface area contributed by atoms with E-state index in [0.29, 0.717) is 33.8 Å². The van der Waals surface area contributed by atoms with Gasteiger partial charge in [-0.2, -0.15) is 24.3 Å². The summed E-state index contributed by atoms with van der Waals surface area (Å²) in [6.45, 7) is 0. The summed E-state index contributed by atoms with van der Waals surface area (Å²) in [6, 6.07) is 17.3. The van der Waals surface area contributed by atoms with E-state index in [-0.39, 0.29) is 18.9 Å². The van der Waals surface area contributed by atoms with Gasteiger partial charge in [0.25, 0.3) is 5.97 Å². The van der Waals surface area contributed by atoms with Gasteiger partial charge in [-0.15, -0.1) is 0 Å². The topological polar surface area (TPSA) is 76.0 Å². The first-order valence-corrected chi connectivity index (χ1v) is 7.68. The molecular weight excluding hydrogens is 599 g/mol. The number of carbonyl (C=O) groups is 1. The third kappa shape index (κ3) is 2.03. The van der Waals surface area contributed by atoms with Crippen LogP contribution in [0.15, 0.2) is 54.6 Å². The molecule has 0 fully saturated rings. The Balaban J connectivity index is 0.00000105. The minimum Gasteiger partial charge on any atom is -0.508 e. The van der Waals surface area contributed by atoms with Crippen LogP contribution in [-0.2, 0) is 10.3 Å². The number of hydrogen-bond donors (Lipinski definition) is 2. The van der Waals surface area contributed by atoms with Crippen LogP contribution in [0.1, 0.15) is 27.0 Å². The maximum atomic E-state index is 12.5. The van der Waals surface area contributed by atoms with Gasteiger partial charge in [-0.3, -0.25) is 4.79 Å². The van der Waals surface area contributed by atoms with E-state index in [1.807, 2.05) is 0 Å². The van der Waals surface area contributed by atoms with Gasteiger partial charge in [0.15, 0.2) is 5.60 Å². The second kappa shape index (κ2) is 5.52. The molecule has 6 heteroatoms. The number of fused-ring (bicyclic) bond motifs is 6. The summed E-state index contributed by atoms with van der Waals surface area (Å²) in [4.78, 5) is 12.5. The molecule has 0 bridgehead atoms. The van der Waals surface area contributed by atoms with Crippen molar-refractivity contribution in [2.45, 2.75) is 5.60 Å². The van der Waals surface area contributed by atoms with Crippen molar-refractivity contribution in [1.82, 2.24) is 0 Å². The predicted octanol–water partition coefficient (Wildman–Crippen LogP) is 3.92. The van der Waals surface area contributed by atoms with Gasteiger partial charge in [0.1, 0.15) is 23.0 Å². The number of aromatic hydroxyl groups is 2. The van der Waals surface area contributed by atoms with Crippen molar-refractivity contribution in [3.8, 4) is 23.0 Å². The summed E-state index contributed by atoms with van der Waals surface area (Å²) in [5, 5.41) is 19.7. The van der Waals surface area contributed by atoms with Gasteiger partial charge in [-0.05, 0) is 29.8 Å². The third-order valence-corrected chi connectivity index (χ3v) is 4.62. The van der Waals surface area contributed by atoms with Crippen molar-refractivity contribution < 1.29 is 24.5 Å². The fourth-order valence-corrected chi connectivity index (χ4v) is 3.59. The van der Waals surface area contributed by atoms with Gasteiger partial charge in [0.2, 0.25) is 0 Å². The normalized spacial score (nSPS) is 14.6. The van der Waals surface area contributed by atoms with Crippen molar-refractivity contribution in [2.24, 2.45) is 0 Å². The van der Waals surface area contributed by atoms with Crippen molar-refractivity contribution >= 4 is 5.97 Å². The maximum Gasteiger partial charge on any atom is 0.283 e. The van der Waals surface area contributed by atoms with Crippen molar-refractivity contribution in [3.63, 3.8) is 0 Å². The molecule has 3 aromatic rings. The van der Waals surface area contributed by atoms with E-state index in [2.05, 4.69) is 6.07 Å². The quantitative estimate of drug-likeness (QED) is 0.297. The molecule has 0 radical (unpaired) electrons. The Morgan fingerprint density at radius 3 is 2.07 bits per heavy atom. The van der Waals surface area contributed by atoms with Crippen molar-refractivity contribution in [2.75, 3.05) is 0 Å². The number of rotatable bonds is 0. The van der Waals surface area contributed by atoms with Crippen LogP contribution in [0.2, 0.25) is 0 Å². The fourth-order valence-electron chi connectivity index (χ4n) is 3.59. The molecule has 2 aliphatic rings. The van der Waals surface area contributed by atoms with E-state index in [9.17, 15) is 15.0 Å². The summed E-state index contributed by atoms with van der Waals surface area (Å²) < 4.78 is 11.7. The fraction of sp³-hybridized carbons (Fsp3) is 0.0476. The van der Waals surface area contributed by atoms with Crippen LogP contribution in [-0.4, -0.2) is 16.2 Å². The summed E-state index contributed by atoms with van der Waals surface area (Å²) in [5.74, 6) is 0.344. The third-order valence-electron chi connectivity index (χ3n) is 4.62. The molecule has 0 saturated carbocycles. The molecule has 27 heavy (non-hydrogen) atoms. The molecule has 0 aliphatic carbocycles. The van der Waals surface area contributed by atoms with E-state index in [4.69, 9.17) is 9.47 Å². The Bertz CT molecular complexity index is 1010. The second-order valence-electron chi connectivity index (χ2n) is 6.01. The Hall–Kier alpha value is -4.47. The molecule has 0 unspecified atom stereocenters.